The van der Waals surface area contributed by atoms with Crippen LogP contribution in [0.4, 0.5) is 0 Å². The van der Waals surface area contributed by atoms with E-state index >= 15 is 0 Å². The van der Waals surface area contributed by atoms with Crippen molar-refractivity contribution in [1.29, 1.82) is 0 Å². The highest BCUT2D eigenvalue weighted by molar-refractivity contribution is 5.78. The Hall–Kier alpha value is -4.33. The molecule has 0 saturated heterocycles. The average molecular weight is 480 g/mol. The van der Waals surface area contributed by atoms with Crippen LogP contribution >= 0.6 is 0 Å². The van der Waals surface area contributed by atoms with Gasteiger partial charge in [0, 0.05) is 29.2 Å². The second-order valence-corrected chi connectivity index (χ2v) is 9.05. The number of benzene rings is 2. The Morgan fingerprint density at radius 1 is 0.944 bits per heavy atom. The number of aromatic amines is 1. The van der Waals surface area contributed by atoms with E-state index in [-0.39, 0.29) is 5.69 Å². The second-order valence-electron chi connectivity index (χ2n) is 9.05. The SMILES string of the molecule is CCCCc1cn(-c2c(C)cccc2C)c(=O)n1Cc1ccc(-c2ccccc2-c2nnn[nH]2)nc1. The third kappa shape index (κ3) is 4.49. The van der Waals surface area contributed by atoms with E-state index in [1.165, 1.54) is 0 Å². The van der Waals surface area contributed by atoms with E-state index in [0.29, 0.717) is 12.4 Å². The van der Waals surface area contributed by atoms with E-state index in [1.807, 2.05) is 85.4 Å². The first kappa shape index (κ1) is 23.4. The van der Waals surface area contributed by atoms with Crippen molar-refractivity contribution in [2.24, 2.45) is 0 Å². The first-order valence-corrected chi connectivity index (χ1v) is 12.2. The summed E-state index contributed by atoms with van der Waals surface area (Å²) in [6.45, 7) is 6.73. The summed E-state index contributed by atoms with van der Waals surface area (Å²) in [5.74, 6) is 0.594. The molecule has 0 aliphatic rings. The summed E-state index contributed by atoms with van der Waals surface area (Å²) in [7, 11) is 0. The molecule has 0 amide bonds. The second kappa shape index (κ2) is 10.1. The zero-order chi connectivity index (χ0) is 25.1. The maximum atomic E-state index is 13.6. The number of unbranched alkanes of at least 4 members (excludes halogenated alkanes) is 1. The summed E-state index contributed by atoms with van der Waals surface area (Å²) in [5, 5.41) is 14.2. The number of tetrazole rings is 1. The van der Waals surface area contributed by atoms with Gasteiger partial charge in [-0.1, -0.05) is 61.9 Å². The molecule has 8 nitrogen and oxygen atoms in total. The minimum atomic E-state index is -0.0225. The molecular formula is C28H29N7O. The van der Waals surface area contributed by atoms with E-state index < -0.39 is 0 Å². The van der Waals surface area contributed by atoms with Crippen LogP contribution in [0.25, 0.3) is 28.3 Å². The van der Waals surface area contributed by atoms with Crippen LogP contribution in [0.15, 0.2) is 71.8 Å². The molecule has 0 fully saturated rings. The summed E-state index contributed by atoms with van der Waals surface area (Å²) in [5.41, 5.74) is 7.75. The number of imidazole rings is 1. The molecule has 1 N–H and O–H groups in total. The maximum absolute atomic E-state index is 13.6. The first-order chi connectivity index (χ1) is 17.6. The molecule has 5 rings (SSSR count). The molecule has 0 aliphatic carbocycles. The fourth-order valence-electron chi connectivity index (χ4n) is 4.65. The quantitative estimate of drug-likeness (QED) is 0.342. The number of nitrogens with zero attached hydrogens (tertiary/aromatic N) is 6. The van der Waals surface area contributed by atoms with Gasteiger partial charge in [-0.05, 0) is 59.9 Å². The molecule has 0 radical (unpaired) electrons. The van der Waals surface area contributed by atoms with Gasteiger partial charge in [0.2, 0.25) is 0 Å². The molecule has 0 bridgehead atoms. The Morgan fingerprint density at radius 2 is 1.72 bits per heavy atom. The Balaban J connectivity index is 1.49. The van der Waals surface area contributed by atoms with E-state index in [4.69, 9.17) is 4.98 Å². The topological polar surface area (TPSA) is 94.3 Å². The zero-order valence-electron chi connectivity index (χ0n) is 20.8. The van der Waals surface area contributed by atoms with E-state index in [2.05, 4.69) is 27.5 Å². The van der Waals surface area contributed by atoms with Crippen molar-refractivity contribution in [3.63, 3.8) is 0 Å². The number of hydrogen-bond donors (Lipinski definition) is 1. The van der Waals surface area contributed by atoms with Gasteiger partial charge >= 0.3 is 5.69 Å². The molecular weight excluding hydrogens is 450 g/mol. The normalized spacial score (nSPS) is 11.2. The maximum Gasteiger partial charge on any atom is 0.333 e. The molecule has 36 heavy (non-hydrogen) atoms. The largest absolute Gasteiger partial charge is 0.333 e. The van der Waals surface area contributed by atoms with E-state index in [0.717, 1.165) is 64.2 Å². The molecule has 8 heteroatoms. The number of rotatable bonds is 8. The summed E-state index contributed by atoms with van der Waals surface area (Å²) in [6.07, 6.45) is 6.81. The number of nitrogens with one attached hydrogen (secondary N) is 1. The van der Waals surface area contributed by atoms with Crippen LogP contribution in [0.3, 0.4) is 0 Å². The van der Waals surface area contributed by atoms with Gasteiger partial charge in [0.1, 0.15) is 0 Å². The molecule has 0 spiro atoms. The van der Waals surface area contributed by atoms with Gasteiger partial charge in [0.15, 0.2) is 5.82 Å². The predicted octanol–water partition coefficient (Wildman–Crippen LogP) is 4.89. The van der Waals surface area contributed by atoms with Gasteiger partial charge < -0.3 is 0 Å². The first-order valence-electron chi connectivity index (χ1n) is 12.2. The van der Waals surface area contributed by atoms with Gasteiger partial charge in [-0.2, -0.15) is 0 Å². The predicted molar refractivity (Wildman–Crippen MR) is 140 cm³/mol. The Kier molecular flexibility index (Phi) is 6.58. The number of H-pyrrole nitrogens is 1. The van der Waals surface area contributed by atoms with Crippen LogP contribution in [0.2, 0.25) is 0 Å². The smallest absolute Gasteiger partial charge is 0.292 e. The lowest BCUT2D eigenvalue weighted by atomic mass is 10.0. The van der Waals surface area contributed by atoms with Gasteiger partial charge in [0.05, 0.1) is 17.9 Å². The van der Waals surface area contributed by atoms with Crippen LogP contribution < -0.4 is 5.69 Å². The van der Waals surface area contributed by atoms with Crippen molar-refractivity contribution in [1.82, 2.24) is 34.7 Å². The molecule has 182 valence electrons. The molecule has 2 aromatic carbocycles. The highest BCUT2D eigenvalue weighted by Gasteiger charge is 2.16. The number of hydrogen-bond acceptors (Lipinski definition) is 5. The van der Waals surface area contributed by atoms with Crippen LogP contribution in [0.1, 0.15) is 42.1 Å². The third-order valence-corrected chi connectivity index (χ3v) is 6.50. The fraction of sp³-hybridized carbons (Fsp3) is 0.250. The van der Waals surface area contributed by atoms with Crippen molar-refractivity contribution in [2.75, 3.05) is 0 Å². The Bertz CT molecular complexity index is 1510. The summed E-state index contributed by atoms with van der Waals surface area (Å²) in [4.78, 5) is 18.3. The van der Waals surface area contributed by atoms with Crippen molar-refractivity contribution in [3.8, 4) is 28.3 Å². The van der Waals surface area contributed by atoms with Crippen molar-refractivity contribution < 1.29 is 0 Å². The number of aryl methyl sites for hydroxylation is 3. The lowest BCUT2D eigenvalue weighted by molar-refractivity contribution is 0.672. The van der Waals surface area contributed by atoms with Crippen molar-refractivity contribution in [3.05, 3.63) is 99.9 Å². The van der Waals surface area contributed by atoms with Gasteiger partial charge in [-0.15, -0.1) is 5.10 Å². The Morgan fingerprint density at radius 3 is 2.39 bits per heavy atom. The number of aromatic nitrogens is 7. The summed E-state index contributed by atoms with van der Waals surface area (Å²) in [6, 6.07) is 18.0. The minimum Gasteiger partial charge on any atom is -0.292 e. The van der Waals surface area contributed by atoms with Gasteiger partial charge in [0.25, 0.3) is 0 Å². The summed E-state index contributed by atoms with van der Waals surface area (Å²) < 4.78 is 3.69. The Labute approximate surface area is 209 Å². The van der Waals surface area contributed by atoms with Gasteiger partial charge in [-0.3, -0.25) is 14.1 Å². The standard InChI is InChI=1S/C28H29N7O/c1-4-5-11-22-18-35(26-19(2)9-8-10-20(26)3)28(36)34(22)17-21-14-15-25(29-16-21)23-12-6-7-13-24(23)27-30-32-33-31-27/h6-10,12-16,18H,4-5,11,17H2,1-3H3,(H,30,31,32,33). The van der Waals surface area contributed by atoms with Crippen molar-refractivity contribution in [2.45, 2.75) is 46.6 Å². The van der Waals surface area contributed by atoms with Crippen LogP contribution in [-0.2, 0) is 13.0 Å². The van der Waals surface area contributed by atoms with Crippen molar-refractivity contribution >= 4 is 0 Å². The average Bonchev–Trinajstić information content (AvgIpc) is 3.53. The fourth-order valence-corrected chi connectivity index (χ4v) is 4.65. The molecule has 3 heterocycles. The zero-order valence-corrected chi connectivity index (χ0v) is 20.8. The highest BCUT2D eigenvalue weighted by Crippen LogP contribution is 2.28. The van der Waals surface area contributed by atoms with E-state index in [1.54, 1.807) is 4.57 Å². The molecule has 0 aliphatic heterocycles. The molecule has 0 unspecified atom stereocenters. The van der Waals surface area contributed by atoms with Crippen LogP contribution in [0.5, 0.6) is 0 Å². The van der Waals surface area contributed by atoms with Gasteiger partial charge in [-0.25, -0.2) is 9.89 Å². The molecule has 0 saturated carbocycles. The highest BCUT2D eigenvalue weighted by atomic mass is 16.1. The van der Waals surface area contributed by atoms with Crippen LogP contribution in [0, 0.1) is 13.8 Å². The minimum absolute atomic E-state index is 0.0225. The molecule has 5 aromatic rings. The monoisotopic (exact) mass is 479 g/mol. The van der Waals surface area contributed by atoms with Crippen LogP contribution in [-0.4, -0.2) is 34.7 Å². The third-order valence-electron chi connectivity index (χ3n) is 6.50. The number of para-hydroxylation sites is 1. The summed E-state index contributed by atoms with van der Waals surface area (Å²) >= 11 is 0. The molecule has 0 atom stereocenters. The number of pyridine rings is 1. The lowest BCUT2D eigenvalue weighted by Crippen LogP contribution is -2.25. The molecule has 3 aromatic heterocycles. The van der Waals surface area contributed by atoms with E-state index in [9.17, 15) is 4.79 Å². The lowest BCUT2D eigenvalue weighted by Gasteiger charge is -2.10.